The van der Waals surface area contributed by atoms with E-state index in [0.29, 0.717) is 17.3 Å². The Morgan fingerprint density at radius 2 is 2.10 bits per heavy atom. The maximum absolute atomic E-state index is 12.1. The summed E-state index contributed by atoms with van der Waals surface area (Å²) in [5.41, 5.74) is 0. The topological polar surface area (TPSA) is 66.8 Å². The van der Waals surface area contributed by atoms with E-state index in [4.69, 9.17) is 21.4 Å². The molecule has 1 amide bonds. The largest absolute Gasteiger partial charge is 0.482 e. The van der Waals surface area contributed by atoms with Crippen molar-refractivity contribution in [2.75, 3.05) is 19.7 Å². The van der Waals surface area contributed by atoms with Crippen molar-refractivity contribution in [1.29, 1.82) is 0 Å². The van der Waals surface area contributed by atoms with E-state index in [1.165, 1.54) is 4.90 Å². The number of carbonyl (C=O) groups is 2. The molecule has 0 heterocycles. The van der Waals surface area contributed by atoms with Gasteiger partial charge in [0.2, 0.25) is 0 Å². The van der Waals surface area contributed by atoms with Gasteiger partial charge >= 0.3 is 5.97 Å². The second kappa shape index (κ2) is 8.24. The molecular weight excluding hydrogens is 362 g/mol. The average molecular weight is 379 g/mol. The molecule has 0 aliphatic heterocycles. The summed E-state index contributed by atoms with van der Waals surface area (Å²) in [5, 5.41) is 9.22. The molecule has 0 saturated heterocycles. The first-order chi connectivity index (χ1) is 9.79. The van der Waals surface area contributed by atoms with Crippen LogP contribution in [0.4, 0.5) is 0 Å². The van der Waals surface area contributed by atoms with Crippen molar-refractivity contribution < 1.29 is 19.4 Å². The van der Waals surface area contributed by atoms with Gasteiger partial charge in [0.1, 0.15) is 12.3 Å². The number of halogens is 2. The first-order valence-electron chi connectivity index (χ1n) is 6.37. The summed E-state index contributed by atoms with van der Waals surface area (Å²) in [6.07, 6.45) is 0. The minimum absolute atomic E-state index is 0.171. The highest BCUT2D eigenvalue weighted by molar-refractivity contribution is 9.10. The van der Waals surface area contributed by atoms with Crippen LogP contribution in [0.1, 0.15) is 13.8 Å². The van der Waals surface area contributed by atoms with Crippen LogP contribution < -0.4 is 4.74 Å². The molecule has 0 aliphatic rings. The van der Waals surface area contributed by atoms with Gasteiger partial charge in [-0.15, -0.1) is 0 Å². The Morgan fingerprint density at radius 3 is 2.62 bits per heavy atom. The summed E-state index contributed by atoms with van der Waals surface area (Å²) >= 11 is 9.26. The fraction of sp³-hybridized carbons (Fsp3) is 0.429. The van der Waals surface area contributed by atoms with E-state index >= 15 is 0 Å². The van der Waals surface area contributed by atoms with Crippen molar-refractivity contribution in [3.8, 4) is 5.75 Å². The van der Waals surface area contributed by atoms with Gasteiger partial charge in [0, 0.05) is 11.0 Å². The summed E-state index contributed by atoms with van der Waals surface area (Å²) in [6, 6.07) is 5.04. The number of aliphatic carboxylic acids is 1. The molecule has 1 N–H and O–H groups in total. The molecule has 0 radical (unpaired) electrons. The first-order valence-corrected chi connectivity index (χ1v) is 7.54. The van der Waals surface area contributed by atoms with Crippen LogP contribution >= 0.6 is 27.5 Å². The standard InChI is InChI=1S/C14H17BrClNO4/c1-9(2)6-17(7-14(19)20)13(18)8-21-12-4-3-10(15)5-11(12)16/h3-5,9H,6-8H2,1-2H3,(H,19,20). The number of rotatable bonds is 7. The number of carboxylic acids is 1. The van der Waals surface area contributed by atoms with Crippen LogP contribution in [0, 0.1) is 5.92 Å². The molecule has 0 atom stereocenters. The number of benzene rings is 1. The van der Waals surface area contributed by atoms with Crippen molar-refractivity contribution in [3.05, 3.63) is 27.7 Å². The molecule has 5 nitrogen and oxygen atoms in total. The fourth-order valence-electron chi connectivity index (χ4n) is 1.68. The third-order valence-electron chi connectivity index (χ3n) is 2.51. The highest BCUT2D eigenvalue weighted by atomic mass is 79.9. The molecule has 1 aromatic rings. The molecule has 7 heteroatoms. The summed E-state index contributed by atoms with van der Waals surface area (Å²) in [7, 11) is 0. The number of hydrogen-bond acceptors (Lipinski definition) is 3. The van der Waals surface area contributed by atoms with Gasteiger partial charge in [-0.1, -0.05) is 41.4 Å². The predicted octanol–water partition coefficient (Wildman–Crippen LogP) is 3.05. The summed E-state index contributed by atoms with van der Waals surface area (Å²) < 4.78 is 6.16. The monoisotopic (exact) mass is 377 g/mol. The molecule has 0 bridgehead atoms. The van der Waals surface area contributed by atoms with Crippen molar-refractivity contribution in [1.82, 2.24) is 4.90 Å². The molecule has 0 aliphatic carbocycles. The van der Waals surface area contributed by atoms with E-state index in [-0.39, 0.29) is 25.0 Å². The van der Waals surface area contributed by atoms with Crippen molar-refractivity contribution in [3.63, 3.8) is 0 Å². The number of carboxylic acid groups (broad SMARTS) is 1. The Hall–Kier alpha value is -1.27. The average Bonchev–Trinajstić information content (AvgIpc) is 2.35. The molecule has 1 aromatic carbocycles. The molecule has 0 aromatic heterocycles. The van der Waals surface area contributed by atoms with Gasteiger partial charge in [-0.05, 0) is 24.1 Å². The van der Waals surface area contributed by atoms with Gasteiger partial charge in [-0.2, -0.15) is 0 Å². The van der Waals surface area contributed by atoms with Gasteiger partial charge in [-0.25, -0.2) is 0 Å². The number of hydrogen-bond donors (Lipinski definition) is 1. The number of ether oxygens (including phenoxy) is 1. The molecular formula is C14H17BrClNO4. The third-order valence-corrected chi connectivity index (χ3v) is 3.30. The zero-order valence-electron chi connectivity index (χ0n) is 11.8. The predicted molar refractivity (Wildman–Crippen MR) is 83.7 cm³/mol. The van der Waals surface area contributed by atoms with Gasteiger partial charge in [0.15, 0.2) is 6.61 Å². The summed E-state index contributed by atoms with van der Waals surface area (Å²) in [4.78, 5) is 24.1. The molecule has 0 saturated carbocycles. The van der Waals surface area contributed by atoms with Crippen molar-refractivity contribution in [2.24, 2.45) is 5.92 Å². The van der Waals surface area contributed by atoms with E-state index in [0.717, 1.165) is 4.47 Å². The van der Waals surface area contributed by atoms with Gasteiger partial charge in [0.25, 0.3) is 5.91 Å². The van der Waals surface area contributed by atoms with Crippen LogP contribution in [-0.2, 0) is 9.59 Å². The van der Waals surface area contributed by atoms with Crippen LogP contribution in [0.3, 0.4) is 0 Å². The highest BCUT2D eigenvalue weighted by Crippen LogP contribution is 2.27. The lowest BCUT2D eigenvalue weighted by atomic mass is 10.2. The Morgan fingerprint density at radius 1 is 1.43 bits per heavy atom. The minimum atomic E-state index is -1.05. The lowest BCUT2D eigenvalue weighted by molar-refractivity contribution is -0.145. The fourth-order valence-corrected chi connectivity index (χ4v) is 2.41. The van der Waals surface area contributed by atoms with E-state index in [9.17, 15) is 9.59 Å². The molecule has 116 valence electrons. The second-order valence-electron chi connectivity index (χ2n) is 4.93. The maximum atomic E-state index is 12.1. The quantitative estimate of drug-likeness (QED) is 0.792. The Balaban J connectivity index is 2.66. The van der Waals surface area contributed by atoms with Gasteiger partial charge < -0.3 is 14.7 Å². The van der Waals surface area contributed by atoms with Gasteiger partial charge in [-0.3, -0.25) is 9.59 Å². The smallest absolute Gasteiger partial charge is 0.323 e. The number of nitrogens with zero attached hydrogens (tertiary/aromatic N) is 1. The molecule has 1 rings (SSSR count). The van der Waals surface area contributed by atoms with E-state index < -0.39 is 5.97 Å². The highest BCUT2D eigenvalue weighted by Gasteiger charge is 2.18. The van der Waals surface area contributed by atoms with Crippen LogP contribution in [0.5, 0.6) is 5.75 Å². The van der Waals surface area contributed by atoms with Crippen molar-refractivity contribution in [2.45, 2.75) is 13.8 Å². The van der Waals surface area contributed by atoms with Crippen LogP contribution in [0.2, 0.25) is 5.02 Å². The summed E-state index contributed by atoms with van der Waals surface area (Å²) in [5.74, 6) is -0.881. The lowest BCUT2D eigenvalue weighted by Crippen LogP contribution is -2.40. The zero-order valence-corrected chi connectivity index (χ0v) is 14.1. The first kappa shape index (κ1) is 17.8. The minimum Gasteiger partial charge on any atom is -0.482 e. The number of amides is 1. The van der Waals surface area contributed by atoms with Crippen LogP contribution in [0.25, 0.3) is 0 Å². The maximum Gasteiger partial charge on any atom is 0.323 e. The second-order valence-corrected chi connectivity index (χ2v) is 6.25. The van der Waals surface area contributed by atoms with E-state index in [2.05, 4.69) is 15.9 Å². The number of carbonyl (C=O) groups excluding carboxylic acids is 1. The van der Waals surface area contributed by atoms with Crippen molar-refractivity contribution >= 4 is 39.4 Å². The third kappa shape index (κ3) is 6.35. The molecule has 0 fully saturated rings. The summed E-state index contributed by atoms with van der Waals surface area (Å²) in [6.45, 7) is 3.60. The van der Waals surface area contributed by atoms with E-state index in [1.54, 1.807) is 18.2 Å². The Labute approximate surface area is 137 Å². The van der Waals surface area contributed by atoms with Gasteiger partial charge in [0.05, 0.1) is 5.02 Å². The van der Waals surface area contributed by atoms with Crippen LogP contribution in [0.15, 0.2) is 22.7 Å². The Bertz CT molecular complexity index is 522. The van der Waals surface area contributed by atoms with Crippen LogP contribution in [-0.4, -0.2) is 41.6 Å². The molecule has 0 unspecified atom stereocenters. The van der Waals surface area contributed by atoms with E-state index in [1.807, 2.05) is 13.8 Å². The zero-order chi connectivity index (χ0) is 16.0. The lowest BCUT2D eigenvalue weighted by Gasteiger charge is -2.22. The molecule has 0 spiro atoms. The molecule has 21 heavy (non-hydrogen) atoms. The Kier molecular flexibility index (Phi) is 6.98. The normalized spacial score (nSPS) is 10.5. The SMILES string of the molecule is CC(C)CN(CC(=O)O)C(=O)COc1ccc(Br)cc1Cl.